The minimum atomic E-state index is -0.654. The normalized spacial score (nSPS) is 14.7. The molecule has 1 aliphatic rings. The van der Waals surface area contributed by atoms with Crippen LogP contribution in [0.25, 0.3) is 33.6 Å². The highest BCUT2D eigenvalue weighted by molar-refractivity contribution is 6.03. The van der Waals surface area contributed by atoms with Gasteiger partial charge in [-0.25, -0.2) is 4.39 Å². The number of alkyl halides is 1. The monoisotopic (exact) mass is 462 g/mol. The van der Waals surface area contributed by atoms with E-state index < -0.39 is 6.67 Å². The molecule has 0 bridgehead atoms. The van der Waals surface area contributed by atoms with Crippen LogP contribution in [-0.2, 0) is 5.54 Å². The molecule has 0 radical (unpaired) electrons. The molecule has 2 aromatic carbocycles. The molecule has 0 aliphatic heterocycles. The van der Waals surface area contributed by atoms with Crippen LogP contribution in [0.3, 0.4) is 0 Å². The van der Waals surface area contributed by atoms with Gasteiger partial charge in [-0.2, -0.15) is 9.97 Å². The quantitative estimate of drug-likeness (QED) is 0.332. The molecule has 7 nitrogen and oxygen atoms in total. The maximum absolute atomic E-state index is 13.0. The number of ether oxygens (including phenoxy) is 1. The summed E-state index contributed by atoms with van der Waals surface area (Å²) in [5.41, 5.74) is 10.2. The van der Waals surface area contributed by atoms with Crippen LogP contribution < -0.4 is 15.8 Å². The third-order valence-electron chi connectivity index (χ3n) is 6.26. The third kappa shape index (κ3) is 4.10. The first-order valence-electron chi connectivity index (χ1n) is 11.5. The van der Waals surface area contributed by atoms with Crippen molar-refractivity contribution in [1.29, 1.82) is 0 Å². The molecule has 1 fully saturated rings. The number of nitrogens with zero attached hydrogens (tertiary/aromatic N) is 2. The molecular formula is C26H27FN4O3. The van der Waals surface area contributed by atoms with Gasteiger partial charge in [-0.15, -0.1) is 0 Å². The zero-order valence-electron chi connectivity index (χ0n) is 18.8. The average Bonchev–Trinajstić information content (AvgIpc) is 3.25. The van der Waals surface area contributed by atoms with Gasteiger partial charge in [-0.1, -0.05) is 54.6 Å². The van der Waals surface area contributed by atoms with Crippen LogP contribution in [0.2, 0.25) is 0 Å². The van der Waals surface area contributed by atoms with E-state index >= 15 is 0 Å². The van der Waals surface area contributed by atoms with Gasteiger partial charge in [0.15, 0.2) is 0 Å². The molecule has 0 unspecified atom stereocenters. The van der Waals surface area contributed by atoms with Gasteiger partial charge in [0.25, 0.3) is 0 Å². The summed E-state index contributed by atoms with van der Waals surface area (Å²) in [6, 6.07) is 17.9. The van der Waals surface area contributed by atoms with Crippen molar-refractivity contribution in [1.82, 2.24) is 9.97 Å². The Morgan fingerprint density at radius 2 is 1.82 bits per heavy atom. The fraction of sp³-hybridized carbons (Fsp3) is 0.308. The lowest BCUT2D eigenvalue weighted by Crippen LogP contribution is -2.43. The standard InChI is InChI=1S/C26H27FN4O3/c27-13-16-33-23-21-20(17-5-2-1-3-6-17)22(34-24(21)31-25(30-23)29-14-15-32)18-7-9-19(10-8-18)26(28)11-4-12-26/h1-3,5-10,32H,4,11-16,28H2,(H,29,30,31). The number of aliphatic hydroxyl groups is 1. The van der Waals surface area contributed by atoms with Gasteiger partial charge < -0.3 is 25.3 Å². The minimum Gasteiger partial charge on any atom is -0.474 e. The molecule has 4 N–H and O–H groups in total. The Morgan fingerprint density at radius 1 is 1.06 bits per heavy atom. The van der Waals surface area contributed by atoms with Gasteiger partial charge in [0.2, 0.25) is 17.5 Å². The Hall–Kier alpha value is -3.49. The summed E-state index contributed by atoms with van der Waals surface area (Å²) in [7, 11) is 0. The first kappa shape index (κ1) is 22.3. The smallest absolute Gasteiger partial charge is 0.236 e. The van der Waals surface area contributed by atoms with E-state index in [1.165, 1.54) is 0 Å². The van der Waals surface area contributed by atoms with Gasteiger partial charge in [-0.05, 0) is 30.4 Å². The van der Waals surface area contributed by atoms with Gasteiger partial charge in [-0.3, -0.25) is 0 Å². The molecule has 2 heterocycles. The topological polar surface area (TPSA) is 106 Å². The molecule has 0 atom stereocenters. The lowest BCUT2D eigenvalue weighted by Gasteiger charge is -2.38. The van der Waals surface area contributed by atoms with E-state index in [-0.39, 0.29) is 37.1 Å². The van der Waals surface area contributed by atoms with Gasteiger partial charge in [0.05, 0.1) is 6.61 Å². The minimum absolute atomic E-state index is 0.0876. The number of halogens is 1. The number of aliphatic hydroxyl groups excluding tert-OH is 1. The van der Waals surface area contributed by atoms with Crippen molar-refractivity contribution in [2.45, 2.75) is 24.8 Å². The highest BCUT2D eigenvalue weighted by atomic mass is 19.1. The lowest BCUT2D eigenvalue weighted by molar-refractivity contribution is 0.253. The highest BCUT2D eigenvalue weighted by Crippen LogP contribution is 2.45. The number of rotatable bonds is 9. The number of fused-ring (bicyclic) bond motifs is 1. The Kier molecular flexibility index (Phi) is 6.17. The molecule has 1 saturated carbocycles. The predicted octanol–water partition coefficient (Wildman–Crippen LogP) is 4.65. The number of aromatic nitrogens is 2. The number of anilines is 1. The molecule has 34 heavy (non-hydrogen) atoms. The molecule has 2 aromatic heterocycles. The van der Waals surface area contributed by atoms with Crippen molar-refractivity contribution >= 4 is 17.0 Å². The van der Waals surface area contributed by atoms with E-state index in [0.717, 1.165) is 41.5 Å². The maximum atomic E-state index is 13.0. The number of hydrogen-bond acceptors (Lipinski definition) is 7. The van der Waals surface area contributed by atoms with E-state index in [4.69, 9.17) is 20.0 Å². The summed E-state index contributed by atoms with van der Waals surface area (Å²) < 4.78 is 25.0. The number of furan rings is 1. The van der Waals surface area contributed by atoms with Crippen molar-refractivity contribution in [2.75, 3.05) is 31.7 Å². The molecule has 5 rings (SSSR count). The summed E-state index contributed by atoms with van der Waals surface area (Å²) in [6.45, 7) is -0.628. The van der Waals surface area contributed by atoms with E-state index in [9.17, 15) is 4.39 Å². The molecular weight excluding hydrogens is 435 g/mol. The number of hydrogen-bond donors (Lipinski definition) is 3. The van der Waals surface area contributed by atoms with Crippen LogP contribution in [0, 0.1) is 0 Å². The lowest BCUT2D eigenvalue weighted by atomic mass is 9.72. The van der Waals surface area contributed by atoms with Gasteiger partial charge >= 0.3 is 0 Å². The highest BCUT2D eigenvalue weighted by Gasteiger charge is 2.34. The molecule has 4 aromatic rings. The van der Waals surface area contributed by atoms with Gasteiger partial charge in [0, 0.05) is 23.2 Å². The van der Waals surface area contributed by atoms with Crippen LogP contribution in [-0.4, -0.2) is 41.5 Å². The number of benzene rings is 2. The second-order valence-corrected chi connectivity index (χ2v) is 8.48. The summed E-state index contributed by atoms with van der Waals surface area (Å²) in [5.74, 6) is 1.08. The van der Waals surface area contributed by atoms with Crippen LogP contribution in [0.15, 0.2) is 59.0 Å². The van der Waals surface area contributed by atoms with Crippen molar-refractivity contribution in [2.24, 2.45) is 5.73 Å². The maximum Gasteiger partial charge on any atom is 0.236 e. The molecule has 176 valence electrons. The molecule has 0 amide bonds. The SMILES string of the molecule is NC1(c2ccc(-c3oc4nc(NCCO)nc(OCCF)c4c3-c3ccccc3)cc2)CCC1. The Bertz CT molecular complexity index is 1270. The van der Waals surface area contributed by atoms with Gasteiger partial charge in [0.1, 0.15) is 24.4 Å². The first-order chi connectivity index (χ1) is 16.6. The summed E-state index contributed by atoms with van der Waals surface area (Å²) in [6.07, 6.45) is 3.12. The van der Waals surface area contributed by atoms with Crippen LogP contribution >= 0.6 is 0 Å². The largest absolute Gasteiger partial charge is 0.474 e. The third-order valence-corrected chi connectivity index (χ3v) is 6.26. The van der Waals surface area contributed by atoms with Crippen molar-refractivity contribution < 1.29 is 18.7 Å². The van der Waals surface area contributed by atoms with Crippen molar-refractivity contribution in [3.05, 3.63) is 60.2 Å². The van der Waals surface area contributed by atoms with E-state index in [2.05, 4.69) is 27.4 Å². The molecule has 1 aliphatic carbocycles. The summed E-state index contributed by atoms with van der Waals surface area (Å²) in [4.78, 5) is 8.93. The van der Waals surface area contributed by atoms with Crippen molar-refractivity contribution in [3.8, 4) is 28.3 Å². The Morgan fingerprint density at radius 3 is 2.47 bits per heavy atom. The molecule has 0 spiro atoms. The molecule has 0 saturated heterocycles. The zero-order chi connectivity index (χ0) is 23.5. The van der Waals surface area contributed by atoms with Crippen molar-refractivity contribution in [3.63, 3.8) is 0 Å². The fourth-order valence-electron chi connectivity index (χ4n) is 4.34. The van der Waals surface area contributed by atoms with E-state index in [0.29, 0.717) is 16.9 Å². The Balaban J connectivity index is 1.69. The zero-order valence-corrected chi connectivity index (χ0v) is 18.8. The van der Waals surface area contributed by atoms with Crippen LogP contribution in [0.5, 0.6) is 5.88 Å². The van der Waals surface area contributed by atoms with E-state index in [1.54, 1.807) is 0 Å². The van der Waals surface area contributed by atoms with Crippen LogP contribution in [0.4, 0.5) is 10.3 Å². The predicted molar refractivity (Wildman–Crippen MR) is 129 cm³/mol. The summed E-state index contributed by atoms with van der Waals surface area (Å²) in [5, 5.41) is 12.7. The second kappa shape index (κ2) is 9.40. The first-order valence-corrected chi connectivity index (χ1v) is 11.5. The molecule has 8 heteroatoms. The van der Waals surface area contributed by atoms with E-state index in [1.807, 2.05) is 42.5 Å². The number of nitrogens with one attached hydrogen (secondary N) is 1. The number of nitrogens with two attached hydrogens (primary N) is 1. The second-order valence-electron chi connectivity index (χ2n) is 8.48. The summed E-state index contributed by atoms with van der Waals surface area (Å²) >= 11 is 0. The Labute approximate surface area is 196 Å². The average molecular weight is 463 g/mol. The van der Waals surface area contributed by atoms with Crippen LogP contribution in [0.1, 0.15) is 24.8 Å². The fourth-order valence-corrected chi connectivity index (χ4v) is 4.34.